The van der Waals surface area contributed by atoms with Crippen LogP contribution in [0, 0.1) is 0 Å². The molecule has 3 N–H and O–H groups in total. The smallest absolute Gasteiger partial charge is 0.305 e. The first-order valence-electron chi connectivity index (χ1n) is 8.61. The van der Waals surface area contributed by atoms with E-state index < -0.39 is 17.8 Å². The molecule has 150 valence electrons. The maximum Gasteiger partial charge on any atom is 0.305 e. The van der Waals surface area contributed by atoms with Crippen molar-refractivity contribution in [2.75, 3.05) is 13.3 Å². The van der Waals surface area contributed by atoms with E-state index in [1.54, 1.807) is 36.4 Å². The predicted molar refractivity (Wildman–Crippen MR) is 105 cm³/mol. The molecule has 0 spiro atoms. The van der Waals surface area contributed by atoms with E-state index in [9.17, 15) is 14.4 Å². The van der Waals surface area contributed by atoms with E-state index in [4.69, 9.17) is 26.2 Å². The summed E-state index contributed by atoms with van der Waals surface area (Å²) in [5.74, 6) is -1.16. The van der Waals surface area contributed by atoms with Gasteiger partial charge >= 0.3 is 5.97 Å². The molecule has 1 aliphatic heterocycles. The Bertz CT molecular complexity index is 989. The van der Waals surface area contributed by atoms with Gasteiger partial charge in [-0.05, 0) is 35.9 Å². The summed E-state index contributed by atoms with van der Waals surface area (Å²) in [7, 11) is 0. The number of aliphatic carboxylic acids is 1. The van der Waals surface area contributed by atoms with E-state index in [-0.39, 0.29) is 36.0 Å². The molecule has 0 saturated heterocycles. The number of benzene rings is 2. The average molecular weight is 417 g/mol. The lowest BCUT2D eigenvalue weighted by atomic mass is 10.1. The number of carbonyl (C=O) groups is 3. The lowest BCUT2D eigenvalue weighted by Crippen LogP contribution is -2.35. The highest BCUT2D eigenvalue weighted by Gasteiger charge is 2.18. The van der Waals surface area contributed by atoms with Crippen LogP contribution in [0.25, 0.3) is 6.08 Å². The van der Waals surface area contributed by atoms with E-state index in [2.05, 4.69) is 10.6 Å². The fraction of sp³-hybridized carbons (Fsp3) is 0.150. The minimum absolute atomic E-state index is 0.0702. The Kier molecular flexibility index (Phi) is 6.36. The molecule has 0 aromatic heterocycles. The molecule has 2 aromatic carbocycles. The number of amides is 2. The van der Waals surface area contributed by atoms with Crippen molar-refractivity contribution in [3.63, 3.8) is 0 Å². The van der Waals surface area contributed by atoms with Gasteiger partial charge in [-0.2, -0.15) is 0 Å². The number of nitrogens with one attached hydrogen (secondary N) is 2. The van der Waals surface area contributed by atoms with Crippen LogP contribution in [0.5, 0.6) is 11.5 Å². The maximum atomic E-state index is 12.6. The van der Waals surface area contributed by atoms with E-state index in [1.807, 2.05) is 0 Å². The van der Waals surface area contributed by atoms with Gasteiger partial charge in [0.15, 0.2) is 11.5 Å². The van der Waals surface area contributed by atoms with Crippen molar-refractivity contribution in [2.45, 2.75) is 6.42 Å². The quantitative estimate of drug-likeness (QED) is 0.597. The van der Waals surface area contributed by atoms with Gasteiger partial charge in [-0.15, -0.1) is 0 Å². The second-order valence-electron chi connectivity index (χ2n) is 6.00. The van der Waals surface area contributed by atoms with Gasteiger partial charge in [0.2, 0.25) is 6.79 Å². The Morgan fingerprint density at radius 3 is 2.62 bits per heavy atom. The van der Waals surface area contributed by atoms with Crippen molar-refractivity contribution in [3.05, 3.63) is 64.3 Å². The molecule has 3 rings (SSSR count). The molecule has 29 heavy (non-hydrogen) atoms. The van der Waals surface area contributed by atoms with Crippen LogP contribution in [0.15, 0.2) is 48.2 Å². The number of ether oxygens (including phenoxy) is 2. The highest BCUT2D eigenvalue weighted by Crippen LogP contribution is 2.33. The van der Waals surface area contributed by atoms with Gasteiger partial charge in [-0.25, -0.2) is 0 Å². The normalized spacial score (nSPS) is 12.4. The molecule has 0 unspecified atom stereocenters. The summed E-state index contributed by atoms with van der Waals surface area (Å²) >= 11 is 6.05. The third-order valence-electron chi connectivity index (χ3n) is 3.94. The predicted octanol–water partition coefficient (Wildman–Crippen LogP) is 2.43. The zero-order chi connectivity index (χ0) is 20.8. The van der Waals surface area contributed by atoms with Crippen molar-refractivity contribution in [3.8, 4) is 11.5 Å². The standard InChI is InChI=1S/C20H17ClN2O6/c21-14-4-2-1-3-13(14)19(26)23-15(20(27)22-8-7-18(24)25)9-12-5-6-16-17(10-12)29-11-28-16/h1-6,9-10H,7-8,11H2,(H,22,27)(H,23,26)(H,24,25). The summed E-state index contributed by atoms with van der Waals surface area (Å²) in [6.45, 7) is 0.0167. The fourth-order valence-corrected chi connectivity index (χ4v) is 2.76. The SMILES string of the molecule is O=C(O)CCNC(=O)C(=Cc1ccc2c(c1)OCO2)NC(=O)c1ccccc1Cl. The molecular weight excluding hydrogens is 400 g/mol. The van der Waals surface area contributed by atoms with Crippen molar-refractivity contribution in [1.82, 2.24) is 10.6 Å². The number of carboxylic acids is 1. The van der Waals surface area contributed by atoms with Crippen LogP contribution >= 0.6 is 11.6 Å². The number of carbonyl (C=O) groups excluding carboxylic acids is 2. The molecule has 1 aliphatic rings. The van der Waals surface area contributed by atoms with Gasteiger partial charge in [0.25, 0.3) is 11.8 Å². The summed E-state index contributed by atoms with van der Waals surface area (Å²) in [4.78, 5) is 35.8. The van der Waals surface area contributed by atoms with Crippen LogP contribution in [0.1, 0.15) is 22.3 Å². The molecule has 8 nitrogen and oxygen atoms in total. The number of halogens is 1. The van der Waals surface area contributed by atoms with E-state index in [0.29, 0.717) is 17.1 Å². The first-order chi connectivity index (χ1) is 13.9. The Labute approximate surface area is 171 Å². The monoisotopic (exact) mass is 416 g/mol. The molecule has 0 radical (unpaired) electrons. The Morgan fingerprint density at radius 2 is 1.86 bits per heavy atom. The maximum absolute atomic E-state index is 12.6. The summed E-state index contributed by atoms with van der Waals surface area (Å²) in [5, 5.41) is 14.0. The third kappa shape index (κ3) is 5.26. The van der Waals surface area contributed by atoms with Gasteiger partial charge in [0.1, 0.15) is 5.70 Å². The van der Waals surface area contributed by atoms with Gasteiger partial charge in [-0.3, -0.25) is 14.4 Å². The number of hydrogen-bond acceptors (Lipinski definition) is 5. The van der Waals surface area contributed by atoms with E-state index >= 15 is 0 Å². The van der Waals surface area contributed by atoms with Crippen molar-refractivity contribution in [2.24, 2.45) is 0 Å². The summed E-state index contributed by atoms with van der Waals surface area (Å²) in [5.41, 5.74) is 0.709. The molecule has 2 amide bonds. The zero-order valence-electron chi connectivity index (χ0n) is 15.1. The van der Waals surface area contributed by atoms with Gasteiger partial charge in [0.05, 0.1) is 17.0 Å². The van der Waals surface area contributed by atoms with Crippen LogP contribution in [-0.4, -0.2) is 36.2 Å². The zero-order valence-corrected chi connectivity index (χ0v) is 15.9. The highest BCUT2D eigenvalue weighted by atomic mass is 35.5. The third-order valence-corrected chi connectivity index (χ3v) is 4.27. The Hall–Kier alpha value is -3.52. The van der Waals surface area contributed by atoms with Crippen molar-refractivity contribution < 1.29 is 29.0 Å². The van der Waals surface area contributed by atoms with Crippen LogP contribution in [0.2, 0.25) is 5.02 Å². The van der Waals surface area contributed by atoms with Crippen molar-refractivity contribution >= 4 is 35.5 Å². The minimum atomic E-state index is -1.05. The molecule has 9 heteroatoms. The largest absolute Gasteiger partial charge is 0.481 e. The van der Waals surface area contributed by atoms with Gasteiger partial charge < -0.3 is 25.2 Å². The molecule has 0 bridgehead atoms. The number of fused-ring (bicyclic) bond motifs is 1. The molecule has 0 fully saturated rings. The molecule has 0 aliphatic carbocycles. The van der Waals surface area contributed by atoms with Gasteiger partial charge in [-0.1, -0.05) is 29.8 Å². The summed E-state index contributed by atoms with van der Waals surface area (Å²) < 4.78 is 10.6. The molecule has 0 atom stereocenters. The number of carboxylic acid groups (broad SMARTS) is 1. The number of hydrogen-bond donors (Lipinski definition) is 3. The van der Waals surface area contributed by atoms with Crippen LogP contribution in [0.3, 0.4) is 0 Å². The second kappa shape index (κ2) is 9.11. The fourth-order valence-electron chi connectivity index (χ4n) is 2.54. The van der Waals surface area contributed by atoms with E-state index in [1.165, 1.54) is 12.1 Å². The van der Waals surface area contributed by atoms with Crippen LogP contribution < -0.4 is 20.1 Å². The number of rotatable bonds is 7. The topological polar surface area (TPSA) is 114 Å². The average Bonchev–Trinajstić information content (AvgIpc) is 3.15. The van der Waals surface area contributed by atoms with Crippen LogP contribution in [0.4, 0.5) is 0 Å². The lowest BCUT2D eigenvalue weighted by Gasteiger charge is -2.11. The second-order valence-corrected chi connectivity index (χ2v) is 6.41. The van der Waals surface area contributed by atoms with Crippen molar-refractivity contribution in [1.29, 1.82) is 0 Å². The molecule has 2 aromatic rings. The van der Waals surface area contributed by atoms with E-state index in [0.717, 1.165) is 0 Å². The molecule has 1 heterocycles. The van der Waals surface area contributed by atoms with Crippen LogP contribution in [-0.2, 0) is 9.59 Å². The minimum Gasteiger partial charge on any atom is -0.481 e. The summed E-state index contributed by atoms with van der Waals surface area (Å²) in [6.07, 6.45) is 1.20. The Balaban J connectivity index is 1.84. The lowest BCUT2D eigenvalue weighted by molar-refractivity contribution is -0.136. The molecular formula is C20H17ClN2O6. The molecule has 0 saturated carbocycles. The highest BCUT2D eigenvalue weighted by molar-refractivity contribution is 6.34. The first kappa shape index (κ1) is 20.2. The Morgan fingerprint density at radius 1 is 1.10 bits per heavy atom. The van der Waals surface area contributed by atoms with Gasteiger partial charge in [0, 0.05) is 6.54 Å². The summed E-state index contributed by atoms with van der Waals surface area (Å²) in [6, 6.07) is 11.5. The first-order valence-corrected chi connectivity index (χ1v) is 8.99.